The van der Waals surface area contributed by atoms with E-state index in [2.05, 4.69) is 27.7 Å². The van der Waals surface area contributed by atoms with E-state index in [1.807, 2.05) is 26.8 Å². The number of esters is 3. The van der Waals surface area contributed by atoms with E-state index >= 15 is 0 Å². The van der Waals surface area contributed by atoms with Crippen molar-refractivity contribution >= 4 is 59.0 Å². The molecule has 0 aromatic heterocycles. The van der Waals surface area contributed by atoms with Crippen LogP contribution in [0.15, 0.2) is 0 Å². The molecule has 0 spiro atoms. The number of unbranched alkanes of at least 4 members (excludes halogenated alkanes) is 32. The molecule has 0 amide bonds. The van der Waals surface area contributed by atoms with Gasteiger partial charge in [0.1, 0.15) is 0 Å². The summed E-state index contributed by atoms with van der Waals surface area (Å²) in [7, 11) is 6.10. The zero-order chi connectivity index (χ0) is 46.0. The third-order valence-electron chi connectivity index (χ3n) is 12.0. The van der Waals surface area contributed by atoms with Crippen molar-refractivity contribution in [2.24, 2.45) is 0 Å². The summed E-state index contributed by atoms with van der Waals surface area (Å²) in [6.45, 7) is 10.6. The summed E-state index contributed by atoms with van der Waals surface area (Å²) in [5, 5.41) is 0. The van der Waals surface area contributed by atoms with Gasteiger partial charge in [0.25, 0.3) is 0 Å². The van der Waals surface area contributed by atoms with Crippen molar-refractivity contribution in [3.05, 3.63) is 0 Å². The number of hydrogen-bond donors (Lipinski definition) is 0. The summed E-state index contributed by atoms with van der Waals surface area (Å²) in [4.78, 5) is 38.7. The van der Waals surface area contributed by atoms with Crippen molar-refractivity contribution in [2.45, 2.75) is 283 Å². The molecule has 0 heterocycles. The van der Waals surface area contributed by atoms with E-state index in [1.165, 1.54) is 197 Å². The molecule has 0 aromatic rings. The van der Waals surface area contributed by atoms with Crippen molar-refractivity contribution in [2.75, 3.05) is 37.1 Å². The van der Waals surface area contributed by atoms with Gasteiger partial charge in [0.05, 0.1) is 0 Å². The van der Waals surface area contributed by atoms with Gasteiger partial charge < -0.3 is 0 Å². The first-order valence-corrected chi connectivity index (χ1v) is 42.8. The molecule has 0 fully saturated rings. The minimum absolute atomic E-state index is 0.0840. The second-order valence-electron chi connectivity index (χ2n) is 18.2. The Hall–Kier alpha value is 0.259. The number of carbonyl (C=O) groups is 3. The topological polar surface area (TPSA) is 78.9 Å². The summed E-state index contributed by atoms with van der Waals surface area (Å²) >= 11 is -3.11. The summed E-state index contributed by atoms with van der Waals surface area (Å²) in [5.74, 6) is 2.03. The molecule has 0 aliphatic rings. The zero-order valence-corrected chi connectivity index (χ0v) is 47.5. The van der Waals surface area contributed by atoms with Crippen molar-refractivity contribution in [3.63, 3.8) is 0 Å². The van der Waals surface area contributed by atoms with Crippen LogP contribution in [0.5, 0.6) is 0 Å². The number of rotatable bonds is 52. The van der Waals surface area contributed by atoms with Gasteiger partial charge in [0.2, 0.25) is 0 Å². The Morgan fingerprint density at radius 2 is 0.508 bits per heavy atom. The Labute approximate surface area is 404 Å². The van der Waals surface area contributed by atoms with Crippen LogP contribution in [0, 0.1) is 0 Å². The summed E-state index contributed by atoms with van der Waals surface area (Å²) in [6, 6.07) is 0. The predicted molar refractivity (Wildman–Crippen MR) is 284 cm³/mol. The Morgan fingerprint density at radius 3 is 0.746 bits per heavy atom. The summed E-state index contributed by atoms with van der Waals surface area (Å²) in [6.07, 6.45) is 46.7. The Balaban J connectivity index is 5.07. The molecule has 0 N–H and O–H groups in total. The van der Waals surface area contributed by atoms with Crippen LogP contribution in [0.4, 0.5) is 0 Å². The first-order valence-electron chi connectivity index (χ1n) is 27.3. The van der Waals surface area contributed by atoms with Crippen molar-refractivity contribution in [1.29, 1.82) is 0 Å². The van der Waals surface area contributed by atoms with Crippen molar-refractivity contribution < 1.29 is 28.6 Å². The smallest absolute Gasteiger partial charge is 0.0654 e. The third kappa shape index (κ3) is 47.1. The van der Waals surface area contributed by atoms with E-state index in [9.17, 15) is 14.4 Å². The van der Waals surface area contributed by atoms with Gasteiger partial charge in [-0.2, -0.15) is 0 Å². The predicted octanol–water partition coefficient (Wildman–Crippen LogP) is 18.0. The molecule has 0 aliphatic carbocycles. The average molecular weight is 1050 g/mol. The minimum Gasteiger partial charge on any atom is -0.0654 e. The Bertz CT molecular complexity index is 881. The fourth-order valence-corrected chi connectivity index (χ4v) is 46.7. The van der Waals surface area contributed by atoms with Gasteiger partial charge in [-0.3, -0.25) is 0 Å². The van der Waals surface area contributed by atoms with Crippen LogP contribution in [-0.4, -0.2) is 69.2 Å². The first kappa shape index (κ1) is 63.3. The number of carbonyl (C=O) groups excluding carboxylic acids is 3. The molecule has 6 nitrogen and oxygen atoms in total. The van der Waals surface area contributed by atoms with Gasteiger partial charge in [-0.1, -0.05) is 97.8 Å². The maximum atomic E-state index is 12.9. The van der Waals surface area contributed by atoms with E-state index in [4.69, 9.17) is 14.2 Å². The summed E-state index contributed by atoms with van der Waals surface area (Å²) in [5.41, 5.74) is 0. The van der Waals surface area contributed by atoms with E-state index in [-0.39, 0.29) is 17.9 Å². The van der Waals surface area contributed by atoms with Crippen molar-refractivity contribution in [3.8, 4) is 0 Å². The van der Waals surface area contributed by atoms with Crippen molar-refractivity contribution in [1.82, 2.24) is 0 Å². The molecule has 0 rings (SSSR count). The average Bonchev–Trinajstić information content (AvgIpc) is 3.27. The molecule has 0 saturated carbocycles. The SMILES string of the molecule is CCCCCCCCCCCCOC(=O)CC[S][Sn]([CH2]CCCCCCC)([S]CCC(=O)OCCCCCCCCCCCC)[S]CCC(=O)OCCCCCCCCCCCC. The fourth-order valence-electron chi connectivity index (χ4n) is 7.88. The monoisotopic (exact) mass is 1050 g/mol. The molecule has 0 saturated heterocycles. The second-order valence-corrected chi connectivity index (χ2v) is 52.3. The van der Waals surface area contributed by atoms with Gasteiger partial charge in [0.15, 0.2) is 0 Å². The van der Waals surface area contributed by atoms with E-state index in [0.717, 1.165) is 55.8 Å². The molecule has 0 radical (unpaired) electrons. The van der Waals surface area contributed by atoms with Gasteiger partial charge in [-0.15, -0.1) is 0 Å². The molecule has 0 aromatic carbocycles. The molecule has 0 bridgehead atoms. The third-order valence-corrected chi connectivity index (χ3v) is 52.2. The second kappa shape index (κ2) is 51.6. The minimum atomic E-state index is -3.11. The number of hydrogen-bond acceptors (Lipinski definition) is 9. The summed E-state index contributed by atoms with van der Waals surface area (Å²) < 4.78 is 18.3. The first-order chi connectivity index (χ1) is 30.9. The normalized spacial score (nSPS) is 11.6. The van der Waals surface area contributed by atoms with E-state index in [0.29, 0.717) is 39.1 Å². The zero-order valence-electron chi connectivity index (χ0n) is 42.2. The van der Waals surface area contributed by atoms with Gasteiger partial charge >= 0.3 is 309 Å². The molecule has 63 heavy (non-hydrogen) atoms. The van der Waals surface area contributed by atoms with Crippen LogP contribution in [0.25, 0.3) is 0 Å². The quantitative estimate of drug-likeness (QED) is 0.0256. The molecule has 10 heteroatoms. The molecule has 0 unspecified atom stereocenters. The van der Waals surface area contributed by atoms with Gasteiger partial charge in [-0.05, 0) is 0 Å². The standard InChI is InChI=1S/3C15H30O2S.C8H17.Sn/c3*1-2-3-4-5-6-7-8-9-10-11-13-17-15(16)12-14-18;1-3-5-7-8-6-4-2;/h3*18H,2-14H2,1H3;1,3-8H2,2H3;/q;;;;+3/p-3. The van der Waals surface area contributed by atoms with Gasteiger partial charge in [0, 0.05) is 0 Å². The Kier molecular flexibility index (Phi) is 51.9. The molecule has 374 valence electrons. The van der Waals surface area contributed by atoms with Crippen LogP contribution in [0.2, 0.25) is 4.44 Å². The number of ether oxygens (including phenoxy) is 3. The van der Waals surface area contributed by atoms with Crippen LogP contribution < -0.4 is 0 Å². The molecular weight excluding hydrogens is 947 g/mol. The Morgan fingerprint density at radius 1 is 0.302 bits per heavy atom. The molecule has 0 atom stereocenters. The van der Waals surface area contributed by atoms with Gasteiger partial charge in [-0.25, -0.2) is 0 Å². The van der Waals surface area contributed by atoms with Crippen LogP contribution in [0.3, 0.4) is 0 Å². The maximum absolute atomic E-state index is 12.9. The fraction of sp³-hybridized carbons (Fsp3) is 0.943. The van der Waals surface area contributed by atoms with Crippen LogP contribution >= 0.6 is 26.8 Å². The molecule has 0 aliphatic heterocycles. The van der Waals surface area contributed by atoms with Crippen LogP contribution in [0.1, 0.15) is 278 Å². The van der Waals surface area contributed by atoms with Crippen LogP contribution in [-0.2, 0) is 28.6 Å². The molecular formula is C53H104O6S3Sn. The van der Waals surface area contributed by atoms with E-state index < -0.39 is 14.2 Å². The van der Waals surface area contributed by atoms with E-state index in [1.54, 1.807) is 0 Å².